The molecule has 0 amide bonds. The zero-order valence-electron chi connectivity index (χ0n) is 12.1. The summed E-state index contributed by atoms with van der Waals surface area (Å²) in [6, 6.07) is 7.69. The van der Waals surface area contributed by atoms with Crippen molar-refractivity contribution in [3.8, 4) is 16.5 Å². The number of benzene rings is 1. The Morgan fingerprint density at radius 2 is 2.00 bits per heavy atom. The van der Waals surface area contributed by atoms with Gasteiger partial charge in [-0.3, -0.25) is 0 Å². The van der Waals surface area contributed by atoms with Crippen molar-refractivity contribution in [1.82, 2.24) is 9.97 Å². The lowest BCUT2D eigenvalue weighted by molar-refractivity contribution is 0.415. The van der Waals surface area contributed by atoms with Gasteiger partial charge >= 0.3 is 0 Å². The van der Waals surface area contributed by atoms with Crippen LogP contribution in [0.3, 0.4) is 0 Å². The van der Waals surface area contributed by atoms with E-state index in [1.165, 1.54) is 0 Å². The molecule has 0 bridgehead atoms. The molecular weight excluding hydrogens is 304 g/mol. The van der Waals surface area contributed by atoms with E-state index in [9.17, 15) is 0 Å². The number of hydrogen-bond donors (Lipinski definition) is 0. The van der Waals surface area contributed by atoms with Crippen LogP contribution in [0.4, 0.5) is 0 Å². The lowest BCUT2D eigenvalue weighted by Gasteiger charge is -2.05. The van der Waals surface area contributed by atoms with E-state index < -0.39 is 0 Å². The maximum Gasteiger partial charge on any atom is 0.143 e. The highest BCUT2D eigenvalue weighted by Crippen LogP contribution is 2.33. The Morgan fingerprint density at radius 3 is 2.67 bits per heavy atom. The van der Waals surface area contributed by atoms with E-state index in [1.807, 2.05) is 24.3 Å². The van der Waals surface area contributed by atoms with Gasteiger partial charge in [-0.05, 0) is 24.1 Å². The van der Waals surface area contributed by atoms with Crippen LogP contribution in [0.25, 0.3) is 21.6 Å². The Kier molecular flexibility index (Phi) is 3.83. The molecule has 0 aliphatic heterocycles. The summed E-state index contributed by atoms with van der Waals surface area (Å²) in [5.41, 5.74) is 2.66. The monoisotopic (exact) mass is 318 g/mol. The van der Waals surface area contributed by atoms with Gasteiger partial charge in [0.1, 0.15) is 16.5 Å². The second-order valence-electron chi connectivity index (χ2n) is 5.11. The summed E-state index contributed by atoms with van der Waals surface area (Å²) in [5.74, 6) is 1.18. The minimum atomic E-state index is 0.398. The van der Waals surface area contributed by atoms with E-state index in [1.54, 1.807) is 18.4 Å². The largest absolute Gasteiger partial charge is 0.497 e. The minimum absolute atomic E-state index is 0.398. The van der Waals surface area contributed by atoms with Gasteiger partial charge in [0.15, 0.2) is 0 Å². The average molecular weight is 319 g/mol. The first kappa shape index (κ1) is 14.3. The van der Waals surface area contributed by atoms with Gasteiger partial charge in [-0.2, -0.15) is 0 Å². The number of methoxy groups -OCH3 is 1. The van der Waals surface area contributed by atoms with Gasteiger partial charge < -0.3 is 4.74 Å². The standard InChI is InChI=1S/C16H15ClN2OS/c1-9(2)14-8-21-16(19-14)15-12(17)6-10-4-5-11(20-3)7-13(10)18-15/h4-9H,1-3H3. The van der Waals surface area contributed by atoms with Crippen molar-refractivity contribution >= 4 is 33.8 Å². The molecule has 3 nitrogen and oxygen atoms in total. The number of rotatable bonds is 3. The van der Waals surface area contributed by atoms with Crippen molar-refractivity contribution in [2.45, 2.75) is 19.8 Å². The zero-order valence-corrected chi connectivity index (χ0v) is 13.6. The molecule has 0 saturated heterocycles. The van der Waals surface area contributed by atoms with Crippen molar-refractivity contribution in [3.63, 3.8) is 0 Å². The van der Waals surface area contributed by atoms with Crippen LogP contribution in [0.15, 0.2) is 29.6 Å². The molecule has 3 aromatic rings. The zero-order chi connectivity index (χ0) is 15.0. The van der Waals surface area contributed by atoms with Gasteiger partial charge in [0, 0.05) is 16.8 Å². The summed E-state index contributed by atoms with van der Waals surface area (Å²) in [6.45, 7) is 4.25. The van der Waals surface area contributed by atoms with E-state index in [-0.39, 0.29) is 0 Å². The third-order valence-electron chi connectivity index (χ3n) is 3.29. The maximum atomic E-state index is 6.37. The summed E-state index contributed by atoms with van der Waals surface area (Å²) < 4.78 is 5.25. The van der Waals surface area contributed by atoms with Crippen molar-refractivity contribution in [2.75, 3.05) is 7.11 Å². The Labute approximate surface area is 132 Å². The normalized spacial score (nSPS) is 11.3. The molecule has 0 fully saturated rings. The Bertz CT molecular complexity index is 798. The molecule has 0 spiro atoms. The molecule has 5 heteroatoms. The van der Waals surface area contributed by atoms with E-state index >= 15 is 0 Å². The molecule has 1 aromatic carbocycles. The molecule has 21 heavy (non-hydrogen) atoms. The van der Waals surface area contributed by atoms with Gasteiger partial charge in [0.25, 0.3) is 0 Å². The molecule has 2 heterocycles. The summed E-state index contributed by atoms with van der Waals surface area (Å²) >= 11 is 7.95. The number of nitrogens with zero attached hydrogens (tertiary/aromatic N) is 2. The molecule has 0 N–H and O–H groups in total. The highest BCUT2D eigenvalue weighted by molar-refractivity contribution is 7.13. The topological polar surface area (TPSA) is 35.0 Å². The van der Waals surface area contributed by atoms with Gasteiger partial charge in [0.2, 0.25) is 0 Å². The number of halogens is 1. The molecule has 0 aliphatic carbocycles. The van der Waals surface area contributed by atoms with Crippen LogP contribution < -0.4 is 4.74 Å². The molecule has 0 saturated carbocycles. The molecule has 0 atom stereocenters. The molecule has 0 radical (unpaired) electrons. The fourth-order valence-corrected chi connectivity index (χ4v) is 3.35. The van der Waals surface area contributed by atoms with Gasteiger partial charge in [-0.15, -0.1) is 11.3 Å². The number of hydrogen-bond acceptors (Lipinski definition) is 4. The fourth-order valence-electron chi connectivity index (χ4n) is 2.06. The second kappa shape index (κ2) is 5.62. The Morgan fingerprint density at radius 1 is 1.19 bits per heavy atom. The van der Waals surface area contributed by atoms with Gasteiger partial charge in [-0.1, -0.05) is 25.4 Å². The van der Waals surface area contributed by atoms with Crippen LogP contribution in [-0.4, -0.2) is 17.1 Å². The SMILES string of the molecule is COc1ccc2cc(Cl)c(-c3nc(C(C)C)cs3)nc2c1. The summed E-state index contributed by atoms with van der Waals surface area (Å²) in [6.07, 6.45) is 0. The maximum absolute atomic E-state index is 6.37. The molecule has 108 valence electrons. The first-order chi connectivity index (χ1) is 10.1. The van der Waals surface area contributed by atoms with E-state index in [2.05, 4.69) is 29.2 Å². The van der Waals surface area contributed by atoms with E-state index in [0.29, 0.717) is 10.9 Å². The minimum Gasteiger partial charge on any atom is -0.497 e. The molecule has 0 aliphatic rings. The molecule has 3 rings (SSSR count). The Balaban J connectivity index is 2.14. The van der Waals surface area contributed by atoms with Crippen LogP contribution >= 0.6 is 22.9 Å². The summed E-state index contributed by atoms with van der Waals surface area (Å²) in [4.78, 5) is 9.29. The number of ether oxygens (including phenoxy) is 1. The lowest BCUT2D eigenvalue weighted by Crippen LogP contribution is -1.91. The summed E-state index contributed by atoms with van der Waals surface area (Å²) in [5, 5.41) is 4.53. The van der Waals surface area contributed by atoms with Crippen molar-refractivity contribution in [1.29, 1.82) is 0 Å². The second-order valence-corrected chi connectivity index (χ2v) is 6.37. The lowest BCUT2D eigenvalue weighted by atomic mass is 10.1. The fraction of sp³-hybridized carbons (Fsp3) is 0.250. The predicted octanol–water partition coefficient (Wildman–Crippen LogP) is 5.14. The first-order valence-corrected chi connectivity index (χ1v) is 7.94. The highest BCUT2D eigenvalue weighted by atomic mass is 35.5. The molecule has 2 aromatic heterocycles. The first-order valence-electron chi connectivity index (χ1n) is 6.68. The number of aromatic nitrogens is 2. The third kappa shape index (κ3) is 2.74. The van der Waals surface area contributed by atoms with Crippen molar-refractivity contribution < 1.29 is 4.74 Å². The van der Waals surface area contributed by atoms with Crippen LogP contribution in [0.5, 0.6) is 5.75 Å². The van der Waals surface area contributed by atoms with Crippen molar-refractivity contribution in [3.05, 3.63) is 40.4 Å². The van der Waals surface area contributed by atoms with Crippen molar-refractivity contribution in [2.24, 2.45) is 0 Å². The number of thiazole rings is 1. The average Bonchev–Trinajstić information content (AvgIpc) is 2.96. The van der Waals surface area contributed by atoms with Gasteiger partial charge in [0.05, 0.1) is 23.3 Å². The highest BCUT2D eigenvalue weighted by Gasteiger charge is 2.13. The van der Waals surface area contributed by atoms with Gasteiger partial charge in [-0.25, -0.2) is 9.97 Å². The van der Waals surface area contributed by atoms with Crippen LogP contribution in [0.1, 0.15) is 25.5 Å². The van der Waals surface area contributed by atoms with E-state index in [4.69, 9.17) is 16.3 Å². The molecule has 0 unspecified atom stereocenters. The Hall–Kier alpha value is -1.65. The van der Waals surface area contributed by atoms with Crippen LogP contribution in [-0.2, 0) is 0 Å². The van der Waals surface area contributed by atoms with E-state index in [0.717, 1.165) is 33.0 Å². The third-order valence-corrected chi connectivity index (χ3v) is 4.45. The smallest absolute Gasteiger partial charge is 0.143 e. The van der Waals surface area contributed by atoms with Crippen LogP contribution in [0.2, 0.25) is 5.02 Å². The number of fused-ring (bicyclic) bond motifs is 1. The quantitative estimate of drug-likeness (QED) is 0.670. The van der Waals surface area contributed by atoms with Crippen LogP contribution in [0, 0.1) is 0 Å². The summed E-state index contributed by atoms with van der Waals surface area (Å²) in [7, 11) is 1.65. The molecular formula is C16H15ClN2OS. The predicted molar refractivity (Wildman–Crippen MR) is 88.5 cm³/mol. The number of pyridine rings is 1.